The average Bonchev–Trinajstić information content (AvgIpc) is 2.82. The van der Waals surface area contributed by atoms with E-state index in [1.807, 2.05) is 48.5 Å². The first kappa shape index (κ1) is 22.4. The quantitative estimate of drug-likeness (QED) is 0.566. The smallest absolute Gasteiger partial charge is 0.240 e. The lowest BCUT2D eigenvalue weighted by Crippen LogP contribution is -2.48. The van der Waals surface area contributed by atoms with Gasteiger partial charge in [0.2, 0.25) is 10.0 Å². The average molecular weight is 453 g/mol. The van der Waals surface area contributed by atoms with Gasteiger partial charge in [0, 0.05) is 38.9 Å². The summed E-state index contributed by atoms with van der Waals surface area (Å²) in [7, 11) is -1.57. The Morgan fingerprint density at radius 1 is 0.906 bits per heavy atom. The third kappa shape index (κ3) is 5.72. The molecule has 0 bridgehead atoms. The summed E-state index contributed by atoms with van der Waals surface area (Å²) in [6.45, 7) is 3.87. The first-order valence-electron chi connectivity index (χ1n) is 10.7. The molecule has 1 unspecified atom stereocenters. The molecule has 4 rings (SSSR count). The summed E-state index contributed by atoms with van der Waals surface area (Å²) < 4.78 is 34.5. The van der Waals surface area contributed by atoms with Crippen molar-refractivity contribution in [2.45, 2.75) is 10.9 Å². The van der Waals surface area contributed by atoms with Crippen molar-refractivity contribution in [1.29, 1.82) is 0 Å². The maximum atomic E-state index is 13.0. The molecule has 1 atom stereocenters. The van der Waals surface area contributed by atoms with Crippen molar-refractivity contribution in [1.82, 2.24) is 19.5 Å². The normalized spacial score (nSPS) is 16.5. The van der Waals surface area contributed by atoms with Crippen molar-refractivity contribution in [3.63, 3.8) is 0 Å². The van der Waals surface area contributed by atoms with Gasteiger partial charge in [-0.05, 0) is 55.6 Å². The van der Waals surface area contributed by atoms with Gasteiger partial charge in [-0.2, -0.15) is 0 Å². The first-order chi connectivity index (χ1) is 15.5. The molecule has 8 heteroatoms. The van der Waals surface area contributed by atoms with Crippen LogP contribution in [0.15, 0.2) is 83.9 Å². The summed E-state index contributed by atoms with van der Waals surface area (Å²) in [5.41, 5.74) is 0.867. The minimum atomic E-state index is -3.67. The van der Waals surface area contributed by atoms with E-state index < -0.39 is 10.0 Å². The molecule has 1 N–H and O–H groups in total. The Bertz CT molecular complexity index is 1090. The summed E-state index contributed by atoms with van der Waals surface area (Å²) in [5, 5.41) is 0. The maximum Gasteiger partial charge on any atom is 0.240 e. The van der Waals surface area contributed by atoms with Crippen LogP contribution in [-0.2, 0) is 10.0 Å². The van der Waals surface area contributed by atoms with Gasteiger partial charge in [0.25, 0.3) is 0 Å². The van der Waals surface area contributed by atoms with Crippen molar-refractivity contribution in [2.75, 3.05) is 39.8 Å². The molecule has 0 spiro atoms. The van der Waals surface area contributed by atoms with Gasteiger partial charge in [0.1, 0.15) is 11.5 Å². The maximum absolute atomic E-state index is 13.0. The molecule has 1 aliphatic heterocycles. The van der Waals surface area contributed by atoms with Gasteiger partial charge < -0.3 is 9.64 Å². The zero-order valence-corrected chi connectivity index (χ0v) is 18.9. The highest BCUT2D eigenvalue weighted by Gasteiger charge is 2.26. The molecule has 7 nitrogen and oxygen atoms in total. The number of pyridine rings is 1. The molecule has 1 saturated heterocycles. The second-order valence-corrected chi connectivity index (χ2v) is 9.62. The molecule has 1 aliphatic rings. The van der Waals surface area contributed by atoms with Crippen molar-refractivity contribution < 1.29 is 13.2 Å². The van der Waals surface area contributed by atoms with E-state index in [0.29, 0.717) is 11.5 Å². The van der Waals surface area contributed by atoms with Crippen LogP contribution in [0.4, 0.5) is 0 Å². The molecule has 1 fully saturated rings. The fraction of sp³-hybridized carbons (Fsp3) is 0.292. The highest BCUT2D eigenvalue weighted by Crippen LogP contribution is 2.24. The first-order valence-corrected chi connectivity index (χ1v) is 12.2. The van der Waals surface area contributed by atoms with Crippen LogP contribution in [0.2, 0.25) is 0 Å². The molecule has 0 aliphatic carbocycles. The van der Waals surface area contributed by atoms with Crippen LogP contribution in [0.5, 0.6) is 11.5 Å². The second-order valence-electron chi connectivity index (χ2n) is 7.85. The summed E-state index contributed by atoms with van der Waals surface area (Å²) >= 11 is 0. The van der Waals surface area contributed by atoms with E-state index in [2.05, 4.69) is 26.6 Å². The number of para-hydroxylation sites is 1. The predicted octanol–water partition coefficient (Wildman–Crippen LogP) is 3.14. The summed E-state index contributed by atoms with van der Waals surface area (Å²) in [6.07, 6.45) is 1.75. The molecule has 2 heterocycles. The molecule has 32 heavy (non-hydrogen) atoms. The Morgan fingerprint density at radius 2 is 1.56 bits per heavy atom. The van der Waals surface area contributed by atoms with E-state index in [0.717, 1.165) is 31.9 Å². The van der Waals surface area contributed by atoms with Crippen LogP contribution < -0.4 is 9.46 Å². The Balaban J connectivity index is 1.45. The monoisotopic (exact) mass is 452 g/mol. The van der Waals surface area contributed by atoms with Crippen LogP contribution in [0.3, 0.4) is 0 Å². The van der Waals surface area contributed by atoms with E-state index in [1.165, 1.54) is 0 Å². The molecule has 0 saturated carbocycles. The number of aromatic nitrogens is 1. The van der Waals surface area contributed by atoms with Gasteiger partial charge in [0.05, 0.1) is 16.6 Å². The number of hydrogen-bond acceptors (Lipinski definition) is 6. The lowest BCUT2D eigenvalue weighted by Gasteiger charge is -2.37. The van der Waals surface area contributed by atoms with Crippen molar-refractivity contribution in [2.24, 2.45) is 0 Å². The van der Waals surface area contributed by atoms with Crippen LogP contribution in [0, 0.1) is 0 Å². The summed E-state index contributed by atoms with van der Waals surface area (Å²) in [5.74, 6) is 1.28. The van der Waals surface area contributed by atoms with Gasteiger partial charge >= 0.3 is 0 Å². The second kappa shape index (κ2) is 10.2. The fourth-order valence-electron chi connectivity index (χ4n) is 3.71. The number of hydrogen-bond donors (Lipinski definition) is 1. The molecule has 168 valence electrons. The standard InChI is InChI=1S/C24H28N4O3S/c1-27-15-17-28(18-16-27)24(23-9-5-6-14-25-23)19-26-32(29,30)22-12-10-21(11-13-22)31-20-7-3-2-4-8-20/h2-14,24,26H,15-19H2,1H3. The lowest BCUT2D eigenvalue weighted by atomic mass is 10.1. The van der Waals surface area contributed by atoms with Gasteiger partial charge in [-0.25, -0.2) is 13.1 Å². The number of ether oxygens (including phenoxy) is 1. The van der Waals surface area contributed by atoms with Crippen LogP contribution >= 0.6 is 0 Å². The molecule has 3 aromatic rings. The Morgan fingerprint density at radius 3 is 2.22 bits per heavy atom. The highest BCUT2D eigenvalue weighted by atomic mass is 32.2. The number of nitrogens with zero attached hydrogens (tertiary/aromatic N) is 3. The third-order valence-corrected chi connectivity index (χ3v) is 7.03. The zero-order valence-electron chi connectivity index (χ0n) is 18.1. The fourth-order valence-corrected chi connectivity index (χ4v) is 4.75. The topological polar surface area (TPSA) is 74.8 Å². The SMILES string of the molecule is CN1CCN(C(CNS(=O)(=O)c2ccc(Oc3ccccc3)cc2)c2ccccn2)CC1. The minimum absolute atomic E-state index is 0.125. The van der Waals surface area contributed by atoms with Gasteiger partial charge in [-0.1, -0.05) is 24.3 Å². The molecule has 0 amide bonds. The Kier molecular flexibility index (Phi) is 7.16. The lowest BCUT2D eigenvalue weighted by molar-refractivity contribution is 0.111. The van der Waals surface area contributed by atoms with E-state index >= 15 is 0 Å². The van der Waals surface area contributed by atoms with Crippen molar-refractivity contribution in [3.8, 4) is 11.5 Å². The number of benzene rings is 2. The zero-order chi connectivity index (χ0) is 22.4. The number of nitrogens with one attached hydrogen (secondary N) is 1. The minimum Gasteiger partial charge on any atom is -0.457 e. The van der Waals surface area contributed by atoms with Gasteiger partial charge in [0.15, 0.2) is 0 Å². The van der Waals surface area contributed by atoms with Crippen LogP contribution in [0.1, 0.15) is 11.7 Å². The van der Waals surface area contributed by atoms with E-state index in [4.69, 9.17) is 4.74 Å². The molecule has 1 aromatic heterocycles. The number of rotatable bonds is 8. The van der Waals surface area contributed by atoms with Crippen molar-refractivity contribution >= 4 is 10.0 Å². The van der Waals surface area contributed by atoms with Crippen LogP contribution in [-0.4, -0.2) is 63.0 Å². The molecule has 2 aromatic carbocycles. The van der Waals surface area contributed by atoms with Crippen LogP contribution in [0.25, 0.3) is 0 Å². The summed E-state index contributed by atoms with van der Waals surface area (Å²) in [4.78, 5) is 9.26. The molecular formula is C24H28N4O3S. The van der Waals surface area contributed by atoms with E-state index in [1.54, 1.807) is 30.5 Å². The van der Waals surface area contributed by atoms with E-state index in [-0.39, 0.29) is 17.5 Å². The number of piperazine rings is 1. The van der Waals surface area contributed by atoms with Crippen molar-refractivity contribution in [3.05, 3.63) is 84.7 Å². The Hall–Kier alpha value is -2.78. The predicted molar refractivity (Wildman–Crippen MR) is 124 cm³/mol. The number of sulfonamides is 1. The molecule has 0 radical (unpaired) electrons. The molecular weight excluding hydrogens is 424 g/mol. The van der Waals surface area contributed by atoms with Gasteiger partial charge in [-0.15, -0.1) is 0 Å². The van der Waals surface area contributed by atoms with E-state index in [9.17, 15) is 8.42 Å². The summed E-state index contributed by atoms with van der Waals surface area (Å²) in [6, 6.07) is 21.5. The third-order valence-electron chi connectivity index (χ3n) is 5.59. The highest BCUT2D eigenvalue weighted by molar-refractivity contribution is 7.89. The number of likely N-dealkylation sites (N-methyl/N-ethyl adjacent to an activating group) is 1. The Labute approximate surface area is 189 Å². The largest absolute Gasteiger partial charge is 0.457 e. The van der Waals surface area contributed by atoms with Gasteiger partial charge in [-0.3, -0.25) is 9.88 Å².